The average molecular weight is 226 g/mol. The summed E-state index contributed by atoms with van der Waals surface area (Å²) in [6, 6.07) is 5.91. The Bertz CT molecular complexity index is 455. The third-order valence-electron chi connectivity index (χ3n) is 2.00. The van der Waals surface area contributed by atoms with Crippen LogP contribution in [-0.2, 0) is 0 Å². The molecule has 0 spiro atoms. The van der Waals surface area contributed by atoms with Crippen LogP contribution in [0.15, 0.2) is 22.6 Å². The van der Waals surface area contributed by atoms with Gasteiger partial charge in [-0.05, 0) is 25.2 Å². The molecular formula is C10H12ClN3O. The third kappa shape index (κ3) is 2.40. The van der Waals surface area contributed by atoms with Crippen molar-refractivity contribution in [2.45, 2.75) is 0 Å². The number of likely N-dealkylation sites (N-methyl/N-ethyl adjacent to an activating group) is 1. The normalized spacial score (nSPS) is 10.8. The number of hydrogen-bond acceptors (Lipinski definition) is 4. The first kappa shape index (κ1) is 10.3. The van der Waals surface area contributed by atoms with Crippen molar-refractivity contribution in [3.8, 4) is 0 Å². The second-order valence-corrected chi connectivity index (χ2v) is 3.60. The molecule has 1 aromatic carbocycles. The van der Waals surface area contributed by atoms with Crippen LogP contribution in [-0.4, -0.2) is 25.1 Å². The molecule has 0 aliphatic carbocycles. The fourth-order valence-electron chi connectivity index (χ4n) is 1.27. The van der Waals surface area contributed by atoms with Gasteiger partial charge < -0.3 is 15.1 Å². The molecule has 0 bridgehead atoms. The van der Waals surface area contributed by atoms with Crippen LogP contribution in [0.1, 0.15) is 0 Å². The van der Waals surface area contributed by atoms with Crippen LogP contribution >= 0.6 is 11.6 Å². The van der Waals surface area contributed by atoms with Crippen molar-refractivity contribution < 1.29 is 4.42 Å². The van der Waals surface area contributed by atoms with Gasteiger partial charge in [0.05, 0.1) is 0 Å². The number of halogens is 1. The number of aromatic nitrogens is 1. The first-order valence-electron chi connectivity index (χ1n) is 4.74. The van der Waals surface area contributed by atoms with Crippen LogP contribution in [0.4, 0.5) is 6.01 Å². The number of anilines is 1. The lowest BCUT2D eigenvalue weighted by Crippen LogP contribution is -2.17. The van der Waals surface area contributed by atoms with Crippen LogP contribution in [0.25, 0.3) is 11.1 Å². The summed E-state index contributed by atoms with van der Waals surface area (Å²) in [5.74, 6) is 0. The Morgan fingerprint density at radius 1 is 1.40 bits per heavy atom. The molecule has 0 fully saturated rings. The van der Waals surface area contributed by atoms with E-state index in [4.69, 9.17) is 16.0 Å². The van der Waals surface area contributed by atoms with Gasteiger partial charge in [0.1, 0.15) is 5.52 Å². The highest BCUT2D eigenvalue weighted by molar-refractivity contribution is 6.31. The molecule has 0 saturated heterocycles. The zero-order chi connectivity index (χ0) is 10.7. The summed E-state index contributed by atoms with van der Waals surface area (Å²) < 4.78 is 5.46. The van der Waals surface area contributed by atoms with E-state index in [9.17, 15) is 0 Å². The molecule has 5 heteroatoms. The molecule has 0 aliphatic rings. The number of nitrogens with one attached hydrogen (secondary N) is 2. The van der Waals surface area contributed by atoms with Crippen molar-refractivity contribution in [1.82, 2.24) is 10.3 Å². The zero-order valence-corrected chi connectivity index (χ0v) is 9.14. The van der Waals surface area contributed by atoms with Crippen LogP contribution in [0, 0.1) is 0 Å². The van der Waals surface area contributed by atoms with Gasteiger partial charge in [0.2, 0.25) is 0 Å². The Morgan fingerprint density at radius 2 is 2.27 bits per heavy atom. The van der Waals surface area contributed by atoms with Crippen molar-refractivity contribution in [1.29, 1.82) is 0 Å². The van der Waals surface area contributed by atoms with Gasteiger partial charge in [-0.3, -0.25) is 0 Å². The molecule has 0 aliphatic heterocycles. The molecule has 0 amide bonds. The smallest absolute Gasteiger partial charge is 0.295 e. The topological polar surface area (TPSA) is 50.1 Å². The number of nitrogens with zero attached hydrogens (tertiary/aromatic N) is 1. The van der Waals surface area contributed by atoms with Gasteiger partial charge in [0.15, 0.2) is 5.58 Å². The zero-order valence-electron chi connectivity index (χ0n) is 8.38. The fraction of sp³-hybridized carbons (Fsp3) is 0.300. The summed E-state index contributed by atoms with van der Waals surface area (Å²) in [5.41, 5.74) is 1.51. The summed E-state index contributed by atoms with van der Waals surface area (Å²) in [6.07, 6.45) is 0. The Morgan fingerprint density at radius 3 is 3.07 bits per heavy atom. The average Bonchev–Trinajstić information content (AvgIpc) is 2.60. The van der Waals surface area contributed by atoms with E-state index in [1.807, 2.05) is 13.1 Å². The van der Waals surface area contributed by atoms with Crippen molar-refractivity contribution in [3.05, 3.63) is 23.2 Å². The lowest BCUT2D eigenvalue weighted by atomic mass is 10.3. The van der Waals surface area contributed by atoms with Gasteiger partial charge in [-0.1, -0.05) is 11.6 Å². The van der Waals surface area contributed by atoms with Gasteiger partial charge in [0.25, 0.3) is 6.01 Å². The van der Waals surface area contributed by atoms with E-state index in [0.29, 0.717) is 11.0 Å². The van der Waals surface area contributed by atoms with E-state index >= 15 is 0 Å². The number of hydrogen-bond donors (Lipinski definition) is 2. The Kier molecular flexibility index (Phi) is 3.08. The van der Waals surface area contributed by atoms with E-state index in [1.165, 1.54) is 0 Å². The molecule has 1 heterocycles. The quantitative estimate of drug-likeness (QED) is 0.783. The van der Waals surface area contributed by atoms with Crippen LogP contribution in [0.5, 0.6) is 0 Å². The second kappa shape index (κ2) is 4.51. The highest BCUT2D eigenvalue weighted by atomic mass is 35.5. The molecule has 80 valence electrons. The Labute approximate surface area is 92.6 Å². The van der Waals surface area contributed by atoms with Crippen LogP contribution in [0.2, 0.25) is 5.02 Å². The first-order valence-corrected chi connectivity index (χ1v) is 5.12. The molecule has 2 aromatic rings. The molecule has 1 aromatic heterocycles. The van der Waals surface area contributed by atoms with Crippen molar-refractivity contribution in [2.24, 2.45) is 0 Å². The van der Waals surface area contributed by atoms with Crippen molar-refractivity contribution in [3.63, 3.8) is 0 Å². The maximum atomic E-state index is 5.84. The van der Waals surface area contributed by atoms with Crippen LogP contribution < -0.4 is 10.6 Å². The Balaban J connectivity index is 2.16. The molecule has 2 N–H and O–H groups in total. The molecule has 0 radical (unpaired) electrons. The van der Waals surface area contributed by atoms with Crippen LogP contribution in [0.3, 0.4) is 0 Å². The number of fused-ring (bicyclic) bond motifs is 1. The second-order valence-electron chi connectivity index (χ2n) is 3.16. The number of benzene rings is 1. The maximum absolute atomic E-state index is 5.84. The number of oxazole rings is 1. The van der Waals surface area contributed by atoms with Crippen molar-refractivity contribution in [2.75, 3.05) is 25.5 Å². The summed E-state index contributed by atoms with van der Waals surface area (Å²) in [7, 11) is 1.90. The lowest BCUT2D eigenvalue weighted by molar-refractivity contribution is 0.612. The number of rotatable bonds is 4. The lowest BCUT2D eigenvalue weighted by Gasteiger charge is -1.98. The SMILES string of the molecule is CNCCNc1nc2cc(Cl)ccc2o1. The van der Waals surface area contributed by atoms with E-state index in [2.05, 4.69) is 15.6 Å². The summed E-state index contributed by atoms with van der Waals surface area (Å²) in [5, 5.41) is 6.76. The highest BCUT2D eigenvalue weighted by Gasteiger charge is 2.04. The van der Waals surface area contributed by atoms with E-state index < -0.39 is 0 Å². The van der Waals surface area contributed by atoms with E-state index in [-0.39, 0.29) is 0 Å². The van der Waals surface area contributed by atoms with Gasteiger partial charge in [-0.15, -0.1) is 0 Å². The summed E-state index contributed by atoms with van der Waals surface area (Å²) >= 11 is 5.84. The predicted octanol–water partition coefficient (Wildman–Crippen LogP) is 2.11. The molecule has 4 nitrogen and oxygen atoms in total. The Hall–Kier alpha value is -1.26. The van der Waals surface area contributed by atoms with E-state index in [0.717, 1.165) is 24.2 Å². The largest absolute Gasteiger partial charge is 0.424 e. The minimum absolute atomic E-state index is 0.530. The monoisotopic (exact) mass is 225 g/mol. The summed E-state index contributed by atoms with van der Waals surface area (Å²) in [6.45, 7) is 1.64. The molecule has 2 rings (SSSR count). The van der Waals surface area contributed by atoms with Gasteiger partial charge >= 0.3 is 0 Å². The minimum Gasteiger partial charge on any atom is -0.424 e. The van der Waals surface area contributed by atoms with E-state index in [1.54, 1.807) is 12.1 Å². The maximum Gasteiger partial charge on any atom is 0.295 e. The van der Waals surface area contributed by atoms with Gasteiger partial charge in [-0.2, -0.15) is 4.98 Å². The molecule has 0 unspecified atom stereocenters. The molecule has 0 atom stereocenters. The van der Waals surface area contributed by atoms with Crippen molar-refractivity contribution >= 4 is 28.7 Å². The standard InChI is InChI=1S/C10H12ClN3O/c1-12-4-5-13-10-14-8-6-7(11)2-3-9(8)15-10/h2-3,6,12H,4-5H2,1H3,(H,13,14). The van der Waals surface area contributed by atoms with Gasteiger partial charge in [0, 0.05) is 18.1 Å². The minimum atomic E-state index is 0.530. The molecular weight excluding hydrogens is 214 g/mol. The molecule has 0 saturated carbocycles. The third-order valence-corrected chi connectivity index (χ3v) is 2.24. The fourth-order valence-corrected chi connectivity index (χ4v) is 1.44. The predicted molar refractivity (Wildman–Crippen MR) is 61.4 cm³/mol. The summed E-state index contributed by atoms with van der Waals surface area (Å²) in [4.78, 5) is 4.26. The first-order chi connectivity index (χ1) is 7.29. The highest BCUT2D eigenvalue weighted by Crippen LogP contribution is 2.21. The van der Waals surface area contributed by atoms with Gasteiger partial charge in [-0.25, -0.2) is 0 Å². The molecule has 15 heavy (non-hydrogen) atoms.